The molecule has 0 bridgehead atoms. The van der Waals surface area contributed by atoms with Gasteiger partial charge in [0, 0.05) is 42.2 Å². The summed E-state index contributed by atoms with van der Waals surface area (Å²) in [6.07, 6.45) is 5.17. The molecule has 1 heterocycles. The quantitative estimate of drug-likeness (QED) is 0.00639. The van der Waals surface area contributed by atoms with Crippen LogP contribution in [0.5, 0.6) is 28.7 Å². The Kier molecular flexibility index (Phi) is 18.4. The van der Waals surface area contributed by atoms with Gasteiger partial charge in [0.15, 0.2) is 28.8 Å². The predicted molar refractivity (Wildman–Crippen MR) is 243 cm³/mol. The van der Waals surface area contributed by atoms with E-state index < -0.39 is 55.8 Å². The number of rotatable bonds is 27. The number of esters is 4. The summed E-state index contributed by atoms with van der Waals surface area (Å²) in [6, 6.07) is 20.2. The number of nitrogens with zero attached hydrogens (tertiary/aromatic N) is 2. The van der Waals surface area contributed by atoms with Gasteiger partial charge in [-0.15, -0.1) is 0 Å². The van der Waals surface area contributed by atoms with Crippen molar-refractivity contribution in [3.63, 3.8) is 0 Å². The average Bonchev–Trinajstić information content (AvgIpc) is 3.76. The van der Waals surface area contributed by atoms with Crippen molar-refractivity contribution in [3.8, 4) is 28.7 Å². The summed E-state index contributed by atoms with van der Waals surface area (Å²) in [4.78, 5) is 91.2. The zero-order valence-corrected chi connectivity index (χ0v) is 36.4. The number of thiazole rings is 1. The zero-order valence-electron chi connectivity index (χ0n) is 35.6. The zero-order chi connectivity index (χ0) is 48.1. The van der Waals surface area contributed by atoms with Gasteiger partial charge in [-0.3, -0.25) is 19.8 Å². The fourth-order valence-electron chi connectivity index (χ4n) is 5.46. The van der Waals surface area contributed by atoms with Crippen LogP contribution in [0.1, 0.15) is 44.7 Å². The molecule has 1 N–H and O–H groups in total. The number of aromatic nitrogens is 1. The fraction of sp³-hybridized carbons (Fsp3) is 0.146. The third-order valence-corrected chi connectivity index (χ3v) is 9.74. The number of ketones is 3. The van der Waals surface area contributed by atoms with E-state index in [-0.39, 0.29) is 71.5 Å². The molecule has 0 radical (unpaired) electrons. The number of hydrazone groups is 1. The van der Waals surface area contributed by atoms with Crippen LogP contribution in [0.25, 0.3) is 10.2 Å². The number of carbonyl (C=O) groups is 7. The summed E-state index contributed by atoms with van der Waals surface area (Å²) in [6.45, 7) is 11.7. The lowest BCUT2D eigenvalue weighted by Crippen LogP contribution is -2.16. The van der Waals surface area contributed by atoms with Crippen molar-refractivity contribution in [3.05, 3.63) is 152 Å². The molecular weight excluding hydrogens is 891 g/mol. The second kappa shape index (κ2) is 25.0. The molecule has 0 amide bonds. The molecule has 0 saturated heterocycles. The fourth-order valence-corrected chi connectivity index (χ4v) is 6.27. The lowest BCUT2D eigenvalue weighted by Gasteiger charge is -2.14. The highest BCUT2D eigenvalue weighted by atomic mass is 32.1. The summed E-state index contributed by atoms with van der Waals surface area (Å²) in [7, 11) is 0. The molecule has 0 fully saturated rings. The smallest absolute Gasteiger partial charge is 0.343 e. The molecular formula is C48H41N3O15S. The van der Waals surface area contributed by atoms with Gasteiger partial charge in [-0.1, -0.05) is 55.9 Å². The number of hydrogen-bond acceptors (Lipinski definition) is 19. The van der Waals surface area contributed by atoms with Gasteiger partial charge in [-0.05, 0) is 78.7 Å². The minimum atomic E-state index is -0.866. The third kappa shape index (κ3) is 14.9. The van der Waals surface area contributed by atoms with E-state index in [9.17, 15) is 33.6 Å². The van der Waals surface area contributed by atoms with Crippen molar-refractivity contribution in [2.24, 2.45) is 5.10 Å². The molecule has 5 rings (SSSR count). The van der Waals surface area contributed by atoms with E-state index in [2.05, 4.69) is 41.8 Å². The molecule has 0 saturated carbocycles. The van der Waals surface area contributed by atoms with Crippen molar-refractivity contribution < 1.29 is 71.5 Å². The highest BCUT2D eigenvalue weighted by Gasteiger charge is 2.21. The summed E-state index contributed by atoms with van der Waals surface area (Å²) < 4.78 is 43.5. The molecule has 0 atom stereocenters. The Bertz CT molecular complexity index is 2710. The largest absolute Gasteiger partial charge is 0.489 e. The minimum Gasteiger partial charge on any atom is -0.489 e. The van der Waals surface area contributed by atoms with E-state index in [1.807, 2.05) is 24.3 Å². The lowest BCUT2D eigenvalue weighted by molar-refractivity contribution is -0.146. The maximum absolute atomic E-state index is 13.7. The minimum absolute atomic E-state index is 0.00335. The first kappa shape index (κ1) is 49.3. The highest BCUT2D eigenvalue weighted by molar-refractivity contribution is 7.22. The first-order chi connectivity index (χ1) is 32.4. The number of aryl methyl sites for hydroxylation is 1. The predicted octanol–water partition coefficient (Wildman–Crippen LogP) is 7.07. The molecule has 4 aromatic carbocycles. The van der Waals surface area contributed by atoms with Crippen LogP contribution >= 0.6 is 11.3 Å². The maximum atomic E-state index is 13.7. The van der Waals surface area contributed by atoms with Crippen LogP contribution < -0.4 is 29.1 Å². The Hall–Kier alpha value is -8.71. The second-order valence-electron chi connectivity index (χ2n) is 13.3. The number of benzene rings is 4. The summed E-state index contributed by atoms with van der Waals surface area (Å²) >= 11 is 1.37. The van der Waals surface area contributed by atoms with E-state index in [1.165, 1.54) is 60.0 Å². The Balaban J connectivity index is 1.35. The van der Waals surface area contributed by atoms with Gasteiger partial charge in [0.1, 0.15) is 5.75 Å². The molecule has 1 aromatic heterocycles. The van der Waals surface area contributed by atoms with Crippen molar-refractivity contribution in [2.45, 2.75) is 19.3 Å². The topological polar surface area (TPSA) is 231 Å². The number of fused-ring (bicyclic) bond motifs is 1. The molecule has 0 spiro atoms. The van der Waals surface area contributed by atoms with E-state index in [1.54, 1.807) is 12.1 Å². The average molecular weight is 932 g/mol. The van der Waals surface area contributed by atoms with Crippen LogP contribution in [0.4, 0.5) is 5.13 Å². The molecule has 5 aromatic rings. The van der Waals surface area contributed by atoms with Gasteiger partial charge < -0.3 is 37.9 Å². The monoisotopic (exact) mass is 931 g/mol. The summed E-state index contributed by atoms with van der Waals surface area (Å²) in [5.74, 6) is -4.89. The van der Waals surface area contributed by atoms with Crippen molar-refractivity contribution in [1.29, 1.82) is 0 Å². The number of anilines is 1. The number of allylic oxidation sites excluding steroid dienone is 1. The molecule has 0 aliphatic heterocycles. The lowest BCUT2D eigenvalue weighted by atomic mass is 10.00. The van der Waals surface area contributed by atoms with Crippen molar-refractivity contribution in [1.82, 2.24) is 4.98 Å². The number of Topliss-reactive ketones (excluding diaryl/α,β-unsaturated/α-hetero) is 2. The van der Waals surface area contributed by atoms with Crippen LogP contribution in [0, 0.1) is 0 Å². The third-order valence-electron chi connectivity index (χ3n) is 8.79. The van der Waals surface area contributed by atoms with Gasteiger partial charge >= 0.3 is 23.9 Å². The number of carbonyl (C=O) groups excluding carboxylic acids is 7. The number of para-hydroxylation sites is 1. The Labute approximate surface area is 386 Å². The number of nitrogens with one attached hydrogen (secondary N) is 1. The van der Waals surface area contributed by atoms with E-state index >= 15 is 0 Å². The Morgan fingerprint density at radius 2 is 1.21 bits per heavy atom. The first-order valence-corrected chi connectivity index (χ1v) is 20.6. The standard InChI is InChI=1S/C48H41N3O15S/c1-5-34(52)21-22-59-40-25-32(16-20-38(40)60-27-63-43(54)6-2)47(58)66-37-18-14-30(23-33(37)26-49-51-48-50-35-11-9-10-12-42(35)67-48)13-17-36(53)46(57)31-15-19-39(61-28-64-44(55)7-3)41(24-31)62-29-65-45(56)8-4/h5-12,14-16,18-20,23-26H,1-4,13,17,21-22,27-29H2,(H,50,51)/b49-26+. The van der Waals surface area contributed by atoms with Crippen LogP contribution in [0.15, 0.2) is 135 Å². The molecule has 0 aliphatic rings. The number of ether oxygens (including phenoxy) is 8. The van der Waals surface area contributed by atoms with E-state index in [0.29, 0.717) is 16.3 Å². The maximum Gasteiger partial charge on any atom is 0.343 e. The van der Waals surface area contributed by atoms with E-state index in [0.717, 1.165) is 34.5 Å². The van der Waals surface area contributed by atoms with Crippen LogP contribution in [0.3, 0.4) is 0 Å². The van der Waals surface area contributed by atoms with E-state index in [4.69, 9.17) is 37.9 Å². The van der Waals surface area contributed by atoms with Gasteiger partial charge in [0.25, 0.3) is 0 Å². The summed E-state index contributed by atoms with van der Waals surface area (Å²) in [5, 5.41) is 4.81. The van der Waals surface area contributed by atoms with Crippen LogP contribution in [0.2, 0.25) is 0 Å². The first-order valence-electron chi connectivity index (χ1n) is 19.8. The SMILES string of the molecule is C=CC(=O)CCOc1cc(C(=O)Oc2ccc(CCC(=O)C(=O)c3ccc(OCOC(=O)C=C)c(OCOC(=O)C=C)c3)cc2/C=N/Nc2nc3ccccc3s2)ccc1OCOC(=O)C=C. The van der Waals surface area contributed by atoms with Gasteiger partial charge in [0.2, 0.25) is 37.1 Å². The molecule has 19 heteroatoms. The second-order valence-corrected chi connectivity index (χ2v) is 14.3. The highest BCUT2D eigenvalue weighted by Crippen LogP contribution is 2.32. The van der Waals surface area contributed by atoms with Crippen molar-refractivity contribution in [2.75, 3.05) is 32.4 Å². The number of hydrogen-bond donors (Lipinski definition) is 1. The van der Waals surface area contributed by atoms with Crippen molar-refractivity contribution >= 4 is 74.1 Å². The molecule has 67 heavy (non-hydrogen) atoms. The van der Waals surface area contributed by atoms with Gasteiger partial charge in [-0.25, -0.2) is 24.2 Å². The molecule has 0 aliphatic carbocycles. The van der Waals surface area contributed by atoms with Gasteiger partial charge in [-0.2, -0.15) is 5.10 Å². The van der Waals surface area contributed by atoms with Crippen LogP contribution in [-0.2, 0) is 44.6 Å². The van der Waals surface area contributed by atoms with Gasteiger partial charge in [0.05, 0.1) is 28.6 Å². The Morgan fingerprint density at radius 3 is 1.84 bits per heavy atom. The Morgan fingerprint density at radius 1 is 0.627 bits per heavy atom. The summed E-state index contributed by atoms with van der Waals surface area (Å²) in [5.41, 5.74) is 4.46. The van der Waals surface area contributed by atoms with Crippen LogP contribution in [-0.4, -0.2) is 79.4 Å². The molecule has 344 valence electrons. The molecule has 18 nitrogen and oxygen atoms in total. The molecule has 0 unspecified atom stereocenters. The normalized spacial score (nSPS) is 10.5.